The molecule has 3 N–H and O–H groups in total. The standard InChI is InChI=1S/C12H22N2O3/c1-3-8(2)10(14-12(16)17)11(15)13-9-6-4-5-7-9/h8-10,14H,3-7H2,1-2H3,(H,13,15)(H,16,17). The molecule has 0 aliphatic heterocycles. The summed E-state index contributed by atoms with van der Waals surface area (Å²) in [5.41, 5.74) is 0. The molecule has 0 radical (unpaired) electrons. The average molecular weight is 242 g/mol. The van der Waals surface area contributed by atoms with E-state index in [1.807, 2.05) is 13.8 Å². The normalized spacial score (nSPS) is 19.6. The lowest BCUT2D eigenvalue weighted by atomic mass is 9.98. The molecule has 0 saturated heterocycles. The van der Waals surface area contributed by atoms with Gasteiger partial charge in [-0.15, -0.1) is 0 Å². The lowest BCUT2D eigenvalue weighted by molar-refractivity contribution is -0.124. The molecule has 0 aromatic rings. The van der Waals surface area contributed by atoms with Crippen molar-refractivity contribution in [2.45, 2.75) is 58.0 Å². The van der Waals surface area contributed by atoms with Gasteiger partial charge in [-0.1, -0.05) is 33.1 Å². The first-order chi connectivity index (χ1) is 8.04. The molecule has 0 bridgehead atoms. The van der Waals surface area contributed by atoms with Crippen LogP contribution in [-0.2, 0) is 4.79 Å². The van der Waals surface area contributed by atoms with Gasteiger partial charge in [0.25, 0.3) is 0 Å². The van der Waals surface area contributed by atoms with Crippen molar-refractivity contribution in [1.29, 1.82) is 0 Å². The first-order valence-corrected chi connectivity index (χ1v) is 6.34. The number of rotatable bonds is 5. The summed E-state index contributed by atoms with van der Waals surface area (Å²) in [7, 11) is 0. The Morgan fingerprint density at radius 2 is 1.94 bits per heavy atom. The van der Waals surface area contributed by atoms with Crippen LogP contribution >= 0.6 is 0 Å². The highest BCUT2D eigenvalue weighted by molar-refractivity contribution is 5.85. The van der Waals surface area contributed by atoms with Gasteiger partial charge in [0.1, 0.15) is 6.04 Å². The van der Waals surface area contributed by atoms with Crippen LogP contribution in [0.4, 0.5) is 4.79 Å². The Kier molecular flexibility index (Phi) is 5.25. The molecule has 2 unspecified atom stereocenters. The highest BCUT2D eigenvalue weighted by atomic mass is 16.4. The van der Waals surface area contributed by atoms with E-state index in [1.165, 1.54) is 0 Å². The molecule has 2 atom stereocenters. The van der Waals surface area contributed by atoms with Crippen molar-refractivity contribution in [1.82, 2.24) is 10.6 Å². The fourth-order valence-corrected chi connectivity index (χ4v) is 2.20. The van der Waals surface area contributed by atoms with E-state index in [0.29, 0.717) is 0 Å². The Balaban J connectivity index is 2.54. The zero-order valence-electron chi connectivity index (χ0n) is 10.5. The van der Waals surface area contributed by atoms with Gasteiger partial charge in [-0.2, -0.15) is 0 Å². The van der Waals surface area contributed by atoms with Crippen molar-refractivity contribution in [3.8, 4) is 0 Å². The molecule has 0 spiro atoms. The predicted molar refractivity (Wildman–Crippen MR) is 64.8 cm³/mol. The third-order valence-electron chi connectivity index (χ3n) is 3.48. The number of hydrogen-bond acceptors (Lipinski definition) is 2. The maximum absolute atomic E-state index is 12.0. The van der Waals surface area contributed by atoms with Gasteiger partial charge in [-0.25, -0.2) is 4.79 Å². The van der Waals surface area contributed by atoms with Crippen molar-refractivity contribution in [2.24, 2.45) is 5.92 Å². The van der Waals surface area contributed by atoms with Gasteiger partial charge in [-0.3, -0.25) is 4.79 Å². The van der Waals surface area contributed by atoms with Crippen LogP contribution in [0.25, 0.3) is 0 Å². The van der Waals surface area contributed by atoms with Crippen LogP contribution in [0.2, 0.25) is 0 Å². The van der Waals surface area contributed by atoms with E-state index in [0.717, 1.165) is 32.1 Å². The molecule has 5 nitrogen and oxygen atoms in total. The number of carbonyl (C=O) groups is 2. The second kappa shape index (κ2) is 6.47. The van der Waals surface area contributed by atoms with Crippen LogP contribution in [0.15, 0.2) is 0 Å². The first-order valence-electron chi connectivity index (χ1n) is 6.34. The van der Waals surface area contributed by atoms with Crippen molar-refractivity contribution in [3.63, 3.8) is 0 Å². The number of carbonyl (C=O) groups excluding carboxylic acids is 1. The van der Waals surface area contributed by atoms with Gasteiger partial charge < -0.3 is 15.7 Å². The van der Waals surface area contributed by atoms with Crippen LogP contribution in [0, 0.1) is 5.92 Å². The van der Waals surface area contributed by atoms with Crippen LogP contribution < -0.4 is 10.6 Å². The summed E-state index contributed by atoms with van der Waals surface area (Å²) in [6.07, 6.45) is 3.93. The van der Waals surface area contributed by atoms with Crippen LogP contribution in [0.3, 0.4) is 0 Å². The second-order valence-corrected chi connectivity index (χ2v) is 4.80. The topological polar surface area (TPSA) is 78.4 Å². The van der Waals surface area contributed by atoms with E-state index >= 15 is 0 Å². The van der Waals surface area contributed by atoms with Gasteiger partial charge >= 0.3 is 6.09 Å². The van der Waals surface area contributed by atoms with Gasteiger partial charge in [-0.05, 0) is 18.8 Å². The summed E-state index contributed by atoms with van der Waals surface area (Å²) in [5.74, 6) is -0.179. The van der Waals surface area contributed by atoms with Crippen LogP contribution in [0.1, 0.15) is 46.0 Å². The molecule has 2 amide bonds. The number of hydrogen-bond donors (Lipinski definition) is 3. The zero-order valence-corrected chi connectivity index (χ0v) is 10.5. The highest BCUT2D eigenvalue weighted by Gasteiger charge is 2.28. The van der Waals surface area contributed by atoms with Crippen LogP contribution in [-0.4, -0.2) is 29.2 Å². The fourth-order valence-electron chi connectivity index (χ4n) is 2.20. The summed E-state index contributed by atoms with van der Waals surface area (Å²) < 4.78 is 0. The Morgan fingerprint density at radius 3 is 2.41 bits per heavy atom. The first kappa shape index (κ1) is 13.8. The third kappa shape index (κ3) is 4.24. The van der Waals surface area contributed by atoms with Gasteiger partial charge in [0, 0.05) is 6.04 Å². The summed E-state index contributed by atoms with van der Waals surface area (Å²) in [6, 6.07) is -0.414. The lowest BCUT2D eigenvalue weighted by Crippen LogP contribution is -2.51. The number of nitrogens with one attached hydrogen (secondary N) is 2. The highest BCUT2D eigenvalue weighted by Crippen LogP contribution is 2.18. The van der Waals surface area contributed by atoms with Crippen molar-refractivity contribution in [2.75, 3.05) is 0 Å². The van der Waals surface area contributed by atoms with E-state index in [4.69, 9.17) is 5.11 Å². The van der Waals surface area contributed by atoms with E-state index in [1.54, 1.807) is 0 Å². The summed E-state index contributed by atoms with van der Waals surface area (Å²) >= 11 is 0. The molecule has 0 aromatic carbocycles. The van der Waals surface area contributed by atoms with E-state index in [2.05, 4.69) is 10.6 Å². The molecular weight excluding hydrogens is 220 g/mol. The molecule has 98 valence electrons. The molecule has 5 heteroatoms. The SMILES string of the molecule is CCC(C)C(NC(=O)O)C(=O)NC1CCCC1. The fraction of sp³-hybridized carbons (Fsp3) is 0.833. The molecule has 0 heterocycles. The summed E-state index contributed by atoms with van der Waals surface area (Å²) in [5, 5.41) is 14.0. The minimum absolute atomic E-state index is 0.00695. The summed E-state index contributed by atoms with van der Waals surface area (Å²) in [4.78, 5) is 22.7. The van der Waals surface area contributed by atoms with Gasteiger partial charge in [0.15, 0.2) is 0 Å². The molecule has 1 fully saturated rings. The third-order valence-corrected chi connectivity index (χ3v) is 3.48. The van der Waals surface area contributed by atoms with Crippen LogP contribution in [0.5, 0.6) is 0 Å². The minimum Gasteiger partial charge on any atom is -0.465 e. The maximum Gasteiger partial charge on any atom is 0.405 e. The van der Waals surface area contributed by atoms with E-state index < -0.39 is 12.1 Å². The number of carboxylic acid groups (broad SMARTS) is 1. The van der Waals surface area contributed by atoms with Crippen molar-refractivity contribution >= 4 is 12.0 Å². The Hall–Kier alpha value is -1.26. The van der Waals surface area contributed by atoms with Crippen molar-refractivity contribution in [3.05, 3.63) is 0 Å². The monoisotopic (exact) mass is 242 g/mol. The Bertz CT molecular complexity index is 275. The smallest absolute Gasteiger partial charge is 0.405 e. The molecular formula is C12H22N2O3. The molecule has 0 aromatic heterocycles. The largest absolute Gasteiger partial charge is 0.465 e. The van der Waals surface area contributed by atoms with Gasteiger partial charge in [0.2, 0.25) is 5.91 Å². The Labute approximate surface area is 102 Å². The van der Waals surface area contributed by atoms with E-state index in [-0.39, 0.29) is 17.9 Å². The number of amides is 2. The average Bonchev–Trinajstić information content (AvgIpc) is 2.77. The molecule has 17 heavy (non-hydrogen) atoms. The maximum atomic E-state index is 12.0. The van der Waals surface area contributed by atoms with Crippen molar-refractivity contribution < 1.29 is 14.7 Å². The predicted octanol–water partition coefficient (Wildman–Crippen LogP) is 1.73. The summed E-state index contributed by atoms with van der Waals surface area (Å²) in [6.45, 7) is 3.83. The molecule has 1 aliphatic rings. The molecule has 1 aliphatic carbocycles. The quantitative estimate of drug-likeness (QED) is 0.687. The molecule has 1 rings (SSSR count). The molecule has 1 saturated carbocycles. The lowest BCUT2D eigenvalue weighted by Gasteiger charge is -2.24. The van der Waals surface area contributed by atoms with Gasteiger partial charge in [0.05, 0.1) is 0 Å². The minimum atomic E-state index is -1.14. The van der Waals surface area contributed by atoms with E-state index in [9.17, 15) is 9.59 Å². The Morgan fingerprint density at radius 1 is 1.35 bits per heavy atom. The zero-order chi connectivity index (χ0) is 12.8. The second-order valence-electron chi connectivity index (χ2n) is 4.80.